The van der Waals surface area contributed by atoms with E-state index < -0.39 is 0 Å². The Morgan fingerprint density at radius 3 is 0.955 bits per heavy atom. The van der Waals surface area contributed by atoms with Gasteiger partial charge in [-0.1, -0.05) is 110 Å². The highest BCUT2D eigenvalue weighted by atomic mass is 16.5. The van der Waals surface area contributed by atoms with Crippen LogP contribution < -0.4 is 41.4 Å². The third-order valence-electron chi connectivity index (χ3n) is 14.3. The quantitative estimate of drug-likeness (QED) is 0.0178. The maximum Gasteiger partial charge on any atom is 0.251 e. The molecule has 0 bridgehead atoms. The molecule has 18 nitrogen and oxygen atoms in total. The lowest BCUT2D eigenvalue weighted by Gasteiger charge is -2.22. The van der Waals surface area contributed by atoms with Gasteiger partial charge < -0.3 is 51.2 Å². The number of nitrogens with zero attached hydrogens (tertiary/aromatic N) is 2. The molecule has 0 fully saturated rings. The highest BCUT2D eigenvalue weighted by molar-refractivity contribution is 5.95. The van der Waals surface area contributed by atoms with E-state index in [1.807, 2.05) is 109 Å². The van der Waals surface area contributed by atoms with E-state index in [0.29, 0.717) is 126 Å². The molecule has 0 aliphatic heterocycles. The Morgan fingerprint density at radius 2 is 0.648 bits per heavy atom. The summed E-state index contributed by atoms with van der Waals surface area (Å²) in [6.07, 6.45) is 6.28. The molecule has 462 valence electrons. The number of nitrogens with one attached hydrogen (secondary N) is 6. The summed E-state index contributed by atoms with van der Waals surface area (Å²) in [5.74, 6) is 5.19. The van der Waals surface area contributed by atoms with Crippen molar-refractivity contribution in [2.24, 2.45) is 0 Å². The number of unbranched alkanes of at least 4 members (excludes halogenated alkanes) is 4. The van der Waals surface area contributed by atoms with Gasteiger partial charge in [0.15, 0.2) is 0 Å². The zero-order valence-corrected chi connectivity index (χ0v) is 50.5. The van der Waals surface area contributed by atoms with Gasteiger partial charge in [-0.05, 0) is 146 Å². The van der Waals surface area contributed by atoms with Gasteiger partial charge in [0.05, 0.1) is 14.2 Å². The number of rotatable bonds is 36. The van der Waals surface area contributed by atoms with Gasteiger partial charge >= 0.3 is 0 Å². The average molecular weight is 1200 g/mol. The van der Waals surface area contributed by atoms with E-state index in [-0.39, 0.29) is 86.3 Å². The monoisotopic (exact) mass is 1190 g/mol. The van der Waals surface area contributed by atoms with Gasteiger partial charge in [-0.2, -0.15) is 0 Å². The number of carbonyl (C=O) groups is 8. The molecule has 88 heavy (non-hydrogen) atoms. The average Bonchev–Trinajstić information content (AvgIpc) is 3.65. The molecule has 0 aromatic heterocycles. The van der Waals surface area contributed by atoms with Crippen molar-refractivity contribution in [2.45, 2.75) is 77.0 Å². The van der Waals surface area contributed by atoms with Crippen molar-refractivity contribution in [1.29, 1.82) is 0 Å². The molecule has 8 amide bonds. The fourth-order valence-electron chi connectivity index (χ4n) is 9.27. The SMILES string of the molecule is COc1ccc(CCNC(=O)CN(CC(=O)NCCc2ccccc2)C(=O)CCCCCNC(=O)c2ccc(C#Cc3ccc(C(=O)NCCCCCC(=O)N(CC(=O)NCCc4ccccc4)CC(=O)NCCc4ccc(OC)cc4)cc3)cc2)cc1. The first kappa shape index (κ1) is 67.4. The third-order valence-corrected chi connectivity index (χ3v) is 14.3. The number of benzene rings is 6. The number of methoxy groups -OCH3 is 2. The lowest BCUT2D eigenvalue weighted by molar-refractivity contribution is -0.139. The number of ether oxygens (including phenoxy) is 2. The van der Waals surface area contributed by atoms with Crippen LogP contribution in [0.4, 0.5) is 0 Å². The molecule has 0 saturated carbocycles. The van der Waals surface area contributed by atoms with Crippen LogP contribution >= 0.6 is 0 Å². The van der Waals surface area contributed by atoms with E-state index in [1.165, 1.54) is 9.80 Å². The highest BCUT2D eigenvalue weighted by Gasteiger charge is 2.22. The van der Waals surface area contributed by atoms with E-state index >= 15 is 0 Å². The minimum absolute atomic E-state index is 0.142. The molecule has 6 rings (SSSR count). The van der Waals surface area contributed by atoms with Crippen LogP contribution in [0.3, 0.4) is 0 Å². The summed E-state index contributed by atoms with van der Waals surface area (Å²) < 4.78 is 10.4. The van der Waals surface area contributed by atoms with Gasteiger partial charge in [-0.15, -0.1) is 0 Å². The summed E-state index contributed by atoms with van der Waals surface area (Å²) in [6.45, 7) is 1.34. The molecule has 0 heterocycles. The predicted molar refractivity (Wildman–Crippen MR) is 339 cm³/mol. The number of amides is 8. The minimum atomic E-state index is -0.356. The van der Waals surface area contributed by atoms with Crippen LogP contribution in [0, 0.1) is 11.8 Å². The normalized spacial score (nSPS) is 10.5. The van der Waals surface area contributed by atoms with Gasteiger partial charge in [0.2, 0.25) is 35.4 Å². The third kappa shape index (κ3) is 25.8. The van der Waals surface area contributed by atoms with Crippen LogP contribution in [-0.2, 0) is 54.5 Å². The zero-order valence-electron chi connectivity index (χ0n) is 50.5. The fourth-order valence-corrected chi connectivity index (χ4v) is 9.27. The smallest absolute Gasteiger partial charge is 0.251 e. The fraction of sp³-hybridized carbons (Fsp3) is 0.343. The maximum absolute atomic E-state index is 13.4. The molecule has 6 N–H and O–H groups in total. The Bertz CT molecular complexity index is 3010. The summed E-state index contributed by atoms with van der Waals surface area (Å²) >= 11 is 0. The Labute approximate surface area is 516 Å². The second-order valence-corrected chi connectivity index (χ2v) is 21.1. The molecule has 0 spiro atoms. The van der Waals surface area contributed by atoms with Crippen molar-refractivity contribution in [1.82, 2.24) is 41.7 Å². The van der Waals surface area contributed by atoms with Gasteiger partial charge in [-0.3, -0.25) is 38.4 Å². The van der Waals surface area contributed by atoms with Crippen molar-refractivity contribution in [3.63, 3.8) is 0 Å². The zero-order chi connectivity index (χ0) is 62.6. The second-order valence-electron chi connectivity index (χ2n) is 21.1. The van der Waals surface area contributed by atoms with Crippen molar-refractivity contribution in [3.05, 3.63) is 202 Å². The topological polar surface area (TPSA) is 234 Å². The van der Waals surface area contributed by atoms with E-state index in [4.69, 9.17) is 9.47 Å². The molecule has 0 aliphatic carbocycles. The van der Waals surface area contributed by atoms with Crippen molar-refractivity contribution >= 4 is 47.3 Å². The van der Waals surface area contributed by atoms with Crippen molar-refractivity contribution < 1.29 is 47.8 Å². The Hall–Kier alpha value is -9.76. The molecule has 0 aliphatic rings. The molecule has 6 aromatic carbocycles. The van der Waals surface area contributed by atoms with Crippen LogP contribution in [0.15, 0.2) is 158 Å². The van der Waals surface area contributed by atoms with Crippen molar-refractivity contribution in [2.75, 3.05) is 79.7 Å². The molecular weight excluding hydrogens is 1110 g/mol. The van der Waals surface area contributed by atoms with Crippen LogP contribution in [0.5, 0.6) is 11.5 Å². The molecule has 18 heteroatoms. The molecule has 0 unspecified atom stereocenters. The maximum atomic E-state index is 13.4. The lowest BCUT2D eigenvalue weighted by Crippen LogP contribution is -2.46. The number of hydrogen-bond acceptors (Lipinski definition) is 10. The first-order valence-corrected chi connectivity index (χ1v) is 30.1. The van der Waals surface area contributed by atoms with Gasteiger partial charge in [0.25, 0.3) is 11.8 Å². The van der Waals surface area contributed by atoms with Gasteiger partial charge in [0.1, 0.15) is 37.7 Å². The molecule has 0 saturated heterocycles. The standard InChI is InChI=1S/C70H82N8O10/c1-87-61-35-27-57(28-36-61)41-47-73-65(81)51-77(49-63(79)71-45-39-53-15-7-3-8-16-53)67(83)19-11-5-13-43-75-69(85)59-31-23-55(24-32-59)21-22-56-25-33-60(34-26-56)70(86)76-44-14-6-12-20-68(84)78(50-64(80)72-46-40-54-17-9-4-10-18-54)52-66(82)74-48-42-58-29-37-62(88-2)38-30-58/h3-4,7-10,15-18,23-38H,5-6,11-14,19-20,39-52H2,1-2H3,(H,71,79)(H,72,80)(H,73,81)(H,74,82)(H,75,85)(H,76,86). The number of carbonyl (C=O) groups excluding carboxylic acids is 8. The Morgan fingerprint density at radius 1 is 0.341 bits per heavy atom. The molecular formula is C70H82N8O10. The summed E-state index contributed by atoms with van der Waals surface area (Å²) in [5.41, 5.74) is 6.52. The first-order chi connectivity index (χ1) is 42.8. The van der Waals surface area contributed by atoms with Gasteiger partial charge in [0, 0.05) is 74.4 Å². The number of hydrogen-bond donors (Lipinski definition) is 6. The van der Waals surface area contributed by atoms with Crippen LogP contribution in [0.1, 0.15) is 105 Å². The summed E-state index contributed by atoms with van der Waals surface area (Å²) in [6, 6.07) is 48.5. The molecule has 0 atom stereocenters. The summed E-state index contributed by atoms with van der Waals surface area (Å²) in [4.78, 5) is 107. The summed E-state index contributed by atoms with van der Waals surface area (Å²) in [7, 11) is 3.20. The lowest BCUT2D eigenvalue weighted by atomic mass is 10.1. The summed E-state index contributed by atoms with van der Waals surface area (Å²) in [5, 5.41) is 17.3. The minimum Gasteiger partial charge on any atom is -0.497 e. The van der Waals surface area contributed by atoms with E-state index in [0.717, 1.165) is 33.8 Å². The highest BCUT2D eigenvalue weighted by Crippen LogP contribution is 2.14. The predicted octanol–water partition coefficient (Wildman–Crippen LogP) is 6.78. The largest absolute Gasteiger partial charge is 0.497 e. The van der Waals surface area contributed by atoms with Crippen LogP contribution in [0.2, 0.25) is 0 Å². The molecule has 6 aromatic rings. The van der Waals surface area contributed by atoms with Crippen LogP contribution in [-0.4, -0.2) is 137 Å². The second kappa shape index (κ2) is 38.3. The van der Waals surface area contributed by atoms with E-state index in [2.05, 4.69) is 43.7 Å². The Kier molecular flexibility index (Phi) is 29.3. The van der Waals surface area contributed by atoms with E-state index in [1.54, 1.807) is 62.8 Å². The first-order valence-electron chi connectivity index (χ1n) is 30.1. The van der Waals surface area contributed by atoms with E-state index in [9.17, 15) is 38.4 Å². The van der Waals surface area contributed by atoms with Gasteiger partial charge in [-0.25, -0.2) is 0 Å². The van der Waals surface area contributed by atoms with Crippen LogP contribution in [0.25, 0.3) is 0 Å². The Balaban J connectivity index is 0.859. The van der Waals surface area contributed by atoms with Crippen molar-refractivity contribution in [3.8, 4) is 23.3 Å². The molecule has 0 radical (unpaired) electrons.